The highest BCUT2D eigenvalue weighted by molar-refractivity contribution is 9.10. The van der Waals surface area contributed by atoms with Gasteiger partial charge in [-0.05, 0) is 68.3 Å². The van der Waals surface area contributed by atoms with E-state index in [1.807, 2.05) is 31.2 Å². The van der Waals surface area contributed by atoms with Gasteiger partial charge in [0.2, 0.25) is 5.91 Å². The summed E-state index contributed by atoms with van der Waals surface area (Å²) in [5.41, 5.74) is 0.967. The molecule has 0 aliphatic heterocycles. The molecule has 0 unspecified atom stereocenters. The molecular formula is C20H23BrN2OS. The van der Waals surface area contributed by atoms with Gasteiger partial charge in [0.25, 0.3) is 0 Å². The van der Waals surface area contributed by atoms with Crippen molar-refractivity contribution in [3.05, 3.63) is 53.0 Å². The molecule has 1 saturated carbocycles. The van der Waals surface area contributed by atoms with Crippen molar-refractivity contribution >= 4 is 39.3 Å². The summed E-state index contributed by atoms with van der Waals surface area (Å²) < 4.78 is 1.08. The molecule has 3 nitrogen and oxygen atoms in total. The number of rotatable bonds is 6. The van der Waals surface area contributed by atoms with Crippen LogP contribution in [0.4, 0.5) is 5.69 Å². The van der Waals surface area contributed by atoms with E-state index in [2.05, 4.69) is 50.8 Å². The molecule has 1 atom stereocenters. The monoisotopic (exact) mass is 418 g/mol. The Labute approximate surface area is 162 Å². The van der Waals surface area contributed by atoms with Crippen molar-refractivity contribution in [1.82, 2.24) is 5.32 Å². The predicted molar refractivity (Wildman–Crippen MR) is 108 cm³/mol. The average molecular weight is 419 g/mol. The second-order valence-corrected chi connectivity index (χ2v) is 8.50. The highest BCUT2D eigenvalue weighted by atomic mass is 79.9. The van der Waals surface area contributed by atoms with Crippen LogP contribution in [0.1, 0.15) is 32.6 Å². The first-order chi connectivity index (χ1) is 12.1. The molecular weight excluding hydrogens is 396 g/mol. The molecule has 25 heavy (non-hydrogen) atoms. The van der Waals surface area contributed by atoms with Gasteiger partial charge in [0.1, 0.15) is 6.04 Å². The number of amides is 1. The Morgan fingerprint density at radius 3 is 2.20 bits per heavy atom. The van der Waals surface area contributed by atoms with Gasteiger partial charge in [-0.2, -0.15) is 0 Å². The molecule has 2 N–H and O–H groups in total. The molecule has 1 aliphatic carbocycles. The van der Waals surface area contributed by atoms with Crippen molar-refractivity contribution in [3.63, 3.8) is 0 Å². The second kappa shape index (κ2) is 8.77. The molecule has 0 aromatic heterocycles. The van der Waals surface area contributed by atoms with E-state index in [0.29, 0.717) is 6.04 Å². The van der Waals surface area contributed by atoms with Gasteiger partial charge in [0.15, 0.2) is 0 Å². The van der Waals surface area contributed by atoms with E-state index < -0.39 is 0 Å². The minimum atomic E-state index is -0.231. The van der Waals surface area contributed by atoms with E-state index in [1.165, 1.54) is 22.6 Å². The van der Waals surface area contributed by atoms with E-state index in [1.54, 1.807) is 11.8 Å². The zero-order valence-electron chi connectivity index (χ0n) is 14.3. The lowest BCUT2D eigenvalue weighted by Gasteiger charge is -2.18. The minimum absolute atomic E-state index is 0.0835. The summed E-state index contributed by atoms with van der Waals surface area (Å²) in [5, 5.41) is 6.42. The molecule has 0 radical (unpaired) electrons. The van der Waals surface area contributed by atoms with Crippen LogP contribution in [0.2, 0.25) is 0 Å². The Balaban J connectivity index is 1.52. The zero-order valence-corrected chi connectivity index (χ0v) is 16.7. The zero-order chi connectivity index (χ0) is 17.6. The number of anilines is 1. The van der Waals surface area contributed by atoms with Crippen molar-refractivity contribution < 1.29 is 4.79 Å². The third-order valence-corrected chi connectivity index (χ3v) is 5.93. The second-order valence-electron chi connectivity index (χ2n) is 6.44. The maximum absolute atomic E-state index is 12.3. The minimum Gasteiger partial charge on any atom is -0.374 e. The van der Waals surface area contributed by atoms with E-state index in [4.69, 9.17) is 0 Å². The first-order valence-corrected chi connectivity index (χ1v) is 10.3. The molecule has 3 rings (SSSR count). The van der Waals surface area contributed by atoms with E-state index in [9.17, 15) is 4.79 Å². The van der Waals surface area contributed by atoms with Gasteiger partial charge >= 0.3 is 0 Å². The number of hydrogen-bond donors (Lipinski definition) is 2. The highest BCUT2D eigenvalue weighted by Gasteiger charge is 2.20. The topological polar surface area (TPSA) is 41.1 Å². The normalized spacial score (nSPS) is 15.8. The van der Waals surface area contributed by atoms with Gasteiger partial charge in [0, 0.05) is 26.0 Å². The van der Waals surface area contributed by atoms with E-state index in [-0.39, 0.29) is 11.9 Å². The molecule has 0 spiro atoms. The summed E-state index contributed by atoms with van der Waals surface area (Å²) in [7, 11) is 0. The van der Waals surface area contributed by atoms with Crippen LogP contribution in [0.3, 0.4) is 0 Å². The highest BCUT2D eigenvalue weighted by Crippen LogP contribution is 2.29. The van der Waals surface area contributed by atoms with Crippen LogP contribution < -0.4 is 10.6 Å². The third-order valence-electron chi connectivity index (χ3n) is 4.38. The van der Waals surface area contributed by atoms with Gasteiger partial charge < -0.3 is 10.6 Å². The standard InChI is InChI=1S/C20H23BrN2OS/c1-14(20(24)23-16-4-2-3-5-16)22-17-8-12-19(13-9-17)25-18-10-6-15(21)7-11-18/h6-14,16,22H,2-5H2,1H3,(H,23,24)/t14-/m0/s1. The lowest BCUT2D eigenvalue weighted by atomic mass is 10.2. The Bertz CT molecular complexity index is 697. The number of carbonyl (C=O) groups excluding carboxylic acids is 1. The molecule has 1 aliphatic rings. The first kappa shape index (κ1) is 18.3. The molecule has 0 bridgehead atoms. The summed E-state index contributed by atoms with van der Waals surface area (Å²) in [6, 6.07) is 16.6. The lowest BCUT2D eigenvalue weighted by Crippen LogP contribution is -2.42. The number of benzene rings is 2. The Morgan fingerprint density at radius 2 is 1.60 bits per heavy atom. The molecule has 1 amide bonds. The molecule has 5 heteroatoms. The fourth-order valence-electron chi connectivity index (χ4n) is 2.97. The van der Waals surface area contributed by atoms with Gasteiger partial charge in [0.05, 0.1) is 0 Å². The Hall–Kier alpha value is -1.46. The number of hydrogen-bond acceptors (Lipinski definition) is 3. The van der Waals surface area contributed by atoms with Gasteiger partial charge in [-0.1, -0.05) is 40.5 Å². The first-order valence-electron chi connectivity index (χ1n) is 8.70. The summed E-state index contributed by atoms with van der Waals surface area (Å²) in [6.07, 6.45) is 4.68. The van der Waals surface area contributed by atoms with Crippen molar-refractivity contribution in [1.29, 1.82) is 0 Å². The van der Waals surface area contributed by atoms with Crippen molar-refractivity contribution in [2.75, 3.05) is 5.32 Å². The summed E-state index contributed by atoms with van der Waals surface area (Å²) in [4.78, 5) is 14.6. The van der Waals surface area contributed by atoms with Crippen LogP contribution in [-0.2, 0) is 4.79 Å². The van der Waals surface area contributed by atoms with Crippen molar-refractivity contribution in [2.45, 2.75) is 54.5 Å². The van der Waals surface area contributed by atoms with Crippen LogP contribution in [-0.4, -0.2) is 18.0 Å². The molecule has 0 heterocycles. The quantitative estimate of drug-likeness (QED) is 0.653. The van der Waals surface area contributed by atoms with Crippen LogP contribution in [0.25, 0.3) is 0 Å². The van der Waals surface area contributed by atoms with Crippen molar-refractivity contribution in [2.24, 2.45) is 0 Å². The number of carbonyl (C=O) groups is 1. The lowest BCUT2D eigenvalue weighted by molar-refractivity contribution is -0.122. The molecule has 2 aromatic rings. The van der Waals surface area contributed by atoms with Gasteiger partial charge in [-0.3, -0.25) is 4.79 Å². The van der Waals surface area contributed by atoms with Crippen LogP contribution >= 0.6 is 27.7 Å². The van der Waals surface area contributed by atoms with Gasteiger partial charge in [-0.25, -0.2) is 0 Å². The maximum Gasteiger partial charge on any atom is 0.242 e. The molecule has 0 saturated heterocycles. The molecule has 132 valence electrons. The fraction of sp³-hybridized carbons (Fsp3) is 0.350. The fourth-order valence-corrected chi connectivity index (χ4v) is 4.05. The van der Waals surface area contributed by atoms with Crippen LogP contribution in [0, 0.1) is 0 Å². The number of halogens is 1. The van der Waals surface area contributed by atoms with E-state index >= 15 is 0 Å². The smallest absolute Gasteiger partial charge is 0.242 e. The average Bonchev–Trinajstić information content (AvgIpc) is 3.11. The molecule has 1 fully saturated rings. The van der Waals surface area contributed by atoms with E-state index in [0.717, 1.165) is 23.0 Å². The summed E-state index contributed by atoms with van der Waals surface area (Å²) in [5.74, 6) is 0.0835. The Kier molecular flexibility index (Phi) is 6.43. The summed E-state index contributed by atoms with van der Waals surface area (Å²) in [6.45, 7) is 1.91. The largest absolute Gasteiger partial charge is 0.374 e. The van der Waals surface area contributed by atoms with Gasteiger partial charge in [-0.15, -0.1) is 0 Å². The third kappa shape index (κ3) is 5.51. The molecule has 2 aromatic carbocycles. The number of nitrogens with one attached hydrogen (secondary N) is 2. The SMILES string of the molecule is C[C@H](Nc1ccc(Sc2ccc(Br)cc2)cc1)C(=O)NC1CCCC1. The van der Waals surface area contributed by atoms with Crippen molar-refractivity contribution in [3.8, 4) is 0 Å². The maximum atomic E-state index is 12.3. The Morgan fingerprint density at radius 1 is 1.04 bits per heavy atom. The van der Waals surface area contributed by atoms with Crippen LogP contribution in [0.15, 0.2) is 62.8 Å². The summed E-state index contributed by atoms with van der Waals surface area (Å²) >= 11 is 5.18. The predicted octanol–water partition coefficient (Wildman–Crippen LogP) is 5.46. The van der Waals surface area contributed by atoms with Crippen LogP contribution in [0.5, 0.6) is 0 Å².